The molecule has 0 unspecified atom stereocenters. The number of ketones is 1. The molecule has 0 aliphatic rings. The molecule has 0 aliphatic heterocycles. The molecule has 0 saturated heterocycles. The molecule has 1 aromatic carbocycles. The van der Waals surface area contributed by atoms with E-state index < -0.39 is 0 Å². The van der Waals surface area contributed by atoms with Gasteiger partial charge in [0.15, 0.2) is 5.78 Å². The molecule has 0 bridgehead atoms. The van der Waals surface area contributed by atoms with E-state index >= 15 is 0 Å². The van der Waals surface area contributed by atoms with Gasteiger partial charge < -0.3 is 0 Å². The smallest absolute Gasteiger partial charge is 0.167 e. The summed E-state index contributed by atoms with van der Waals surface area (Å²) in [5.41, 5.74) is 2.84. The Balaban J connectivity index is 0.00000144. The average Bonchev–Trinajstić information content (AvgIpc) is 2.31. The molecule has 0 radical (unpaired) electrons. The molecule has 1 aromatic heterocycles. The Hall–Kier alpha value is -1.48. The molecule has 0 fully saturated rings. The largest absolute Gasteiger partial charge is 0.294 e. The van der Waals surface area contributed by atoms with Crippen molar-refractivity contribution < 1.29 is 4.79 Å². The SMILES string of the molecule is Br.Cc1ccccc1C(=O)Cc1ccncc1. The number of hydrogen-bond donors (Lipinski definition) is 0. The van der Waals surface area contributed by atoms with Crippen molar-refractivity contribution in [3.05, 3.63) is 65.5 Å². The number of halogens is 1. The molecular weight excluding hydrogens is 278 g/mol. The maximum absolute atomic E-state index is 12.0. The van der Waals surface area contributed by atoms with Gasteiger partial charge in [-0.2, -0.15) is 0 Å². The van der Waals surface area contributed by atoms with Crippen molar-refractivity contribution in [1.82, 2.24) is 4.98 Å². The highest BCUT2D eigenvalue weighted by molar-refractivity contribution is 8.93. The first-order valence-electron chi connectivity index (χ1n) is 5.25. The zero-order chi connectivity index (χ0) is 11.4. The molecule has 2 nitrogen and oxygen atoms in total. The van der Waals surface area contributed by atoms with Crippen molar-refractivity contribution in [1.29, 1.82) is 0 Å². The van der Waals surface area contributed by atoms with E-state index in [1.165, 1.54) is 0 Å². The van der Waals surface area contributed by atoms with Crippen molar-refractivity contribution in [2.45, 2.75) is 13.3 Å². The van der Waals surface area contributed by atoms with Gasteiger partial charge in [-0.3, -0.25) is 9.78 Å². The van der Waals surface area contributed by atoms with Crippen molar-refractivity contribution >= 4 is 22.8 Å². The molecule has 2 rings (SSSR count). The van der Waals surface area contributed by atoms with Crippen LogP contribution in [0.4, 0.5) is 0 Å². The lowest BCUT2D eigenvalue weighted by Crippen LogP contribution is -2.05. The molecule has 0 spiro atoms. The van der Waals surface area contributed by atoms with Crippen molar-refractivity contribution in [3.8, 4) is 0 Å². The fourth-order valence-electron chi connectivity index (χ4n) is 1.67. The van der Waals surface area contributed by atoms with Crippen LogP contribution in [0.5, 0.6) is 0 Å². The molecule has 0 atom stereocenters. The molecule has 0 aliphatic carbocycles. The number of aryl methyl sites for hydroxylation is 1. The zero-order valence-electron chi connectivity index (χ0n) is 9.59. The quantitative estimate of drug-likeness (QED) is 0.812. The molecule has 0 saturated carbocycles. The molecule has 3 heteroatoms. The highest BCUT2D eigenvalue weighted by Gasteiger charge is 2.08. The average molecular weight is 292 g/mol. The third-order valence-corrected chi connectivity index (χ3v) is 2.56. The first-order valence-corrected chi connectivity index (χ1v) is 5.25. The molecular formula is C14H14BrNO. The standard InChI is InChI=1S/C14H13NO.BrH/c1-11-4-2-3-5-13(11)14(16)10-12-6-8-15-9-7-12;/h2-9H,10H2,1H3;1H. The molecule has 88 valence electrons. The Kier molecular flexibility index (Phi) is 5.04. The van der Waals surface area contributed by atoms with E-state index in [1.807, 2.05) is 43.3 Å². The van der Waals surface area contributed by atoms with E-state index in [9.17, 15) is 4.79 Å². The topological polar surface area (TPSA) is 30.0 Å². The number of benzene rings is 1. The van der Waals surface area contributed by atoms with Crippen molar-refractivity contribution in [3.63, 3.8) is 0 Å². The van der Waals surface area contributed by atoms with E-state index in [0.29, 0.717) is 6.42 Å². The third-order valence-electron chi connectivity index (χ3n) is 2.56. The predicted molar refractivity (Wildman–Crippen MR) is 73.8 cm³/mol. The van der Waals surface area contributed by atoms with E-state index in [-0.39, 0.29) is 22.8 Å². The number of rotatable bonds is 3. The molecule has 1 heterocycles. The van der Waals surface area contributed by atoms with Crippen LogP contribution in [0, 0.1) is 6.92 Å². The monoisotopic (exact) mass is 291 g/mol. The van der Waals surface area contributed by atoms with E-state index in [4.69, 9.17) is 0 Å². The maximum Gasteiger partial charge on any atom is 0.167 e. The lowest BCUT2D eigenvalue weighted by molar-refractivity contribution is 0.0992. The van der Waals surface area contributed by atoms with Crippen LogP contribution >= 0.6 is 17.0 Å². The molecule has 0 N–H and O–H groups in total. The molecule has 2 aromatic rings. The van der Waals surface area contributed by atoms with Crippen LogP contribution in [-0.2, 0) is 6.42 Å². The molecule has 0 amide bonds. The number of hydrogen-bond acceptors (Lipinski definition) is 2. The lowest BCUT2D eigenvalue weighted by atomic mass is 10.00. The Bertz CT molecular complexity index is 497. The number of Topliss-reactive ketones (excluding diaryl/α,β-unsaturated/α-hetero) is 1. The van der Waals surface area contributed by atoms with Gasteiger partial charge in [0.25, 0.3) is 0 Å². The summed E-state index contributed by atoms with van der Waals surface area (Å²) in [5, 5.41) is 0. The predicted octanol–water partition coefficient (Wildman–Crippen LogP) is 3.39. The van der Waals surface area contributed by atoms with Gasteiger partial charge in [0, 0.05) is 24.4 Å². The van der Waals surface area contributed by atoms with Crippen LogP contribution in [0.1, 0.15) is 21.5 Å². The summed E-state index contributed by atoms with van der Waals surface area (Å²) in [5.74, 6) is 0.157. The minimum absolute atomic E-state index is 0. The van der Waals surface area contributed by atoms with Crippen LogP contribution < -0.4 is 0 Å². The Morgan fingerprint density at radius 2 is 1.76 bits per heavy atom. The minimum Gasteiger partial charge on any atom is -0.294 e. The van der Waals surface area contributed by atoms with Crippen LogP contribution in [0.2, 0.25) is 0 Å². The van der Waals surface area contributed by atoms with Gasteiger partial charge in [-0.15, -0.1) is 17.0 Å². The van der Waals surface area contributed by atoms with Crippen molar-refractivity contribution in [2.75, 3.05) is 0 Å². The number of pyridine rings is 1. The Labute approximate surface area is 111 Å². The van der Waals surface area contributed by atoms with Crippen LogP contribution in [0.15, 0.2) is 48.8 Å². The second-order valence-corrected chi connectivity index (χ2v) is 3.77. The van der Waals surface area contributed by atoms with Gasteiger partial charge in [0.2, 0.25) is 0 Å². The number of aromatic nitrogens is 1. The van der Waals surface area contributed by atoms with Gasteiger partial charge in [-0.25, -0.2) is 0 Å². The minimum atomic E-state index is 0. The van der Waals surface area contributed by atoms with Crippen LogP contribution in [0.3, 0.4) is 0 Å². The van der Waals surface area contributed by atoms with E-state index in [1.54, 1.807) is 12.4 Å². The highest BCUT2D eigenvalue weighted by Crippen LogP contribution is 2.11. The fraction of sp³-hybridized carbons (Fsp3) is 0.143. The normalized spacial score (nSPS) is 9.47. The van der Waals surface area contributed by atoms with Crippen LogP contribution in [-0.4, -0.2) is 10.8 Å². The van der Waals surface area contributed by atoms with Gasteiger partial charge in [-0.05, 0) is 30.2 Å². The summed E-state index contributed by atoms with van der Waals surface area (Å²) in [6.07, 6.45) is 3.86. The van der Waals surface area contributed by atoms with Gasteiger partial charge >= 0.3 is 0 Å². The third kappa shape index (κ3) is 3.49. The number of carbonyl (C=O) groups excluding carboxylic acids is 1. The second-order valence-electron chi connectivity index (χ2n) is 3.77. The molecule has 17 heavy (non-hydrogen) atoms. The van der Waals surface area contributed by atoms with Crippen LogP contribution in [0.25, 0.3) is 0 Å². The summed E-state index contributed by atoms with van der Waals surface area (Å²) < 4.78 is 0. The lowest BCUT2D eigenvalue weighted by Gasteiger charge is -2.04. The number of nitrogens with zero attached hydrogens (tertiary/aromatic N) is 1. The van der Waals surface area contributed by atoms with Gasteiger partial charge in [0.05, 0.1) is 0 Å². The fourth-order valence-corrected chi connectivity index (χ4v) is 1.67. The summed E-state index contributed by atoms with van der Waals surface area (Å²) >= 11 is 0. The van der Waals surface area contributed by atoms with E-state index in [0.717, 1.165) is 16.7 Å². The van der Waals surface area contributed by atoms with Crippen molar-refractivity contribution in [2.24, 2.45) is 0 Å². The Morgan fingerprint density at radius 3 is 2.41 bits per heavy atom. The van der Waals surface area contributed by atoms with E-state index in [2.05, 4.69) is 4.98 Å². The highest BCUT2D eigenvalue weighted by atomic mass is 79.9. The number of carbonyl (C=O) groups is 1. The summed E-state index contributed by atoms with van der Waals surface area (Å²) in [6.45, 7) is 1.96. The second kappa shape index (κ2) is 6.30. The van der Waals surface area contributed by atoms with Gasteiger partial charge in [0.1, 0.15) is 0 Å². The first-order chi connectivity index (χ1) is 7.77. The summed E-state index contributed by atoms with van der Waals surface area (Å²) in [4.78, 5) is 15.9. The first kappa shape index (κ1) is 13.6. The van der Waals surface area contributed by atoms with Gasteiger partial charge in [-0.1, -0.05) is 24.3 Å². The summed E-state index contributed by atoms with van der Waals surface area (Å²) in [7, 11) is 0. The maximum atomic E-state index is 12.0. The summed E-state index contributed by atoms with van der Waals surface area (Å²) in [6, 6.07) is 11.4. The zero-order valence-corrected chi connectivity index (χ0v) is 11.3. The Morgan fingerprint density at radius 1 is 1.12 bits per heavy atom.